The second-order valence-electron chi connectivity index (χ2n) is 4.46. The van der Waals surface area contributed by atoms with Gasteiger partial charge < -0.3 is 14.4 Å². The summed E-state index contributed by atoms with van der Waals surface area (Å²) in [6.07, 6.45) is 0.205. The molecule has 0 amide bonds. The second kappa shape index (κ2) is 5.81. The Morgan fingerprint density at radius 2 is 2.28 bits per heavy atom. The van der Waals surface area contributed by atoms with Gasteiger partial charge in [0.15, 0.2) is 5.82 Å². The van der Waals surface area contributed by atoms with E-state index in [4.69, 9.17) is 9.26 Å². The van der Waals surface area contributed by atoms with Gasteiger partial charge in [-0.25, -0.2) is 0 Å². The van der Waals surface area contributed by atoms with Gasteiger partial charge in [0, 0.05) is 23.9 Å². The third-order valence-electron chi connectivity index (χ3n) is 3.20. The lowest BCUT2D eigenvalue weighted by Crippen LogP contribution is -2.30. The SMILES string of the molecule is OC1CCOCC1c1nc(C2CSCCS2)no1. The molecule has 2 aliphatic rings. The first-order chi connectivity index (χ1) is 8.84. The van der Waals surface area contributed by atoms with Crippen LogP contribution in [0.5, 0.6) is 0 Å². The molecular formula is C11H16N2O3S2. The summed E-state index contributed by atoms with van der Waals surface area (Å²) in [7, 11) is 0. The average Bonchev–Trinajstić information content (AvgIpc) is 2.90. The summed E-state index contributed by atoms with van der Waals surface area (Å²) in [4.78, 5) is 4.46. The van der Waals surface area contributed by atoms with E-state index in [9.17, 15) is 5.11 Å². The van der Waals surface area contributed by atoms with Gasteiger partial charge in [-0.2, -0.15) is 16.7 Å². The molecule has 18 heavy (non-hydrogen) atoms. The summed E-state index contributed by atoms with van der Waals surface area (Å²) in [5, 5.41) is 14.3. The van der Waals surface area contributed by atoms with E-state index in [2.05, 4.69) is 10.1 Å². The Morgan fingerprint density at radius 3 is 3.06 bits per heavy atom. The number of rotatable bonds is 2. The van der Waals surface area contributed by atoms with E-state index < -0.39 is 6.10 Å². The Hall–Kier alpha value is -0.240. The third kappa shape index (κ3) is 2.68. The normalized spacial score (nSPS) is 33.5. The third-order valence-corrected chi connectivity index (χ3v) is 5.95. The van der Waals surface area contributed by atoms with Gasteiger partial charge >= 0.3 is 0 Å². The Morgan fingerprint density at radius 1 is 1.33 bits per heavy atom. The van der Waals surface area contributed by atoms with Gasteiger partial charge in [-0.1, -0.05) is 5.16 Å². The molecule has 0 aromatic carbocycles. The maximum atomic E-state index is 9.92. The highest BCUT2D eigenvalue weighted by molar-refractivity contribution is 8.06. The van der Waals surface area contributed by atoms with Crippen LogP contribution in [0.2, 0.25) is 0 Å². The fraction of sp³-hybridized carbons (Fsp3) is 0.818. The summed E-state index contributed by atoms with van der Waals surface area (Å²) in [5.74, 6) is 4.48. The number of aliphatic hydroxyl groups excluding tert-OH is 1. The van der Waals surface area contributed by atoms with Crippen molar-refractivity contribution in [2.24, 2.45) is 0 Å². The molecule has 0 radical (unpaired) electrons. The van der Waals surface area contributed by atoms with Crippen molar-refractivity contribution in [2.45, 2.75) is 23.7 Å². The molecule has 0 bridgehead atoms. The fourth-order valence-corrected chi connectivity index (χ4v) is 4.72. The average molecular weight is 288 g/mol. The fourth-order valence-electron chi connectivity index (χ4n) is 2.13. The Bertz CT molecular complexity index is 395. The molecule has 5 nitrogen and oxygen atoms in total. The molecule has 1 N–H and O–H groups in total. The molecule has 0 aliphatic carbocycles. The van der Waals surface area contributed by atoms with Gasteiger partial charge in [0.2, 0.25) is 5.89 Å². The number of thioether (sulfide) groups is 2. The molecule has 3 atom stereocenters. The van der Waals surface area contributed by atoms with Crippen LogP contribution in [0.1, 0.15) is 29.3 Å². The van der Waals surface area contributed by atoms with Crippen LogP contribution < -0.4 is 0 Å². The van der Waals surface area contributed by atoms with Crippen LogP contribution in [0.4, 0.5) is 0 Å². The Kier molecular flexibility index (Phi) is 4.13. The number of ether oxygens (including phenoxy) is 1. The molecular weight excluding hydrogens is 272 g/mol. The monoisotopic (exact) mass is 288 g/mol. The molecule has 3 unspecified atom stereocenters. The lowest BCUT2D eigenvalue weighted by atomic mass is 9.99. The topological polar surface area (TPSA) is 68.4 Å². The van der Waals surface area contributed by atoms with Crippen molar-refractivity contribution in [1.29, 1.82) is 0 Å². The highest BCUT2D eigenvalue weighted by Gasteiger charge is 2.31. The minimum atomic E-state index is -0.430. The first-order valence-corrected chi connectivity index (χ1v) is 8.33. The Balaban J connectivity index is 1.71. The van der Waals surface area contributed by atoms with Gasteiger partial charge in [0.1, 0.15) is 0 Å². The summed E-state index contributed by atoms with van der Waals surface area (Å²) in [5.41, 5.74) is 0. The van der Waals surface area contributed by atoms with E-state index in [1.165, 1.54) is 5.75 Å². The van der Waals surface area contributed by atoms with Crippen molar-refractivity contribution in [3.8, 4) is 0 Å². The first kappa shape index (κ1) is 12.8. The van der Waals surface area contributed by atoms with Gasteiger partial charge in [-0.15, -0.1) is 11.8 Å². The summed E-state index contributed by atoms with van der Waals surface area (Å²) in [6.45, 7) is 1.07. The molecule has 2 aliphatic heterocycles. The highest BCUT2D eigenvalue weighted by Crippen LogP contribution is 2.36. The van der Waals surface area contributed by atoms with Crippen LogP contribution in [0, 0.1) is 0 Å². The molecule has 3 rings (SSSR count). The molecule has 100 valence electrons. The molecule has 2 saturated heterocycles. The molecule has 0 spiro atoms. The van der Waals surface area contributed by atoms with Gasteiger partial charge in [-0.05, 0) is 6.42 Å². The minimum Gasteiger partial charge on any atom is -0.392 e. The van der Waals surface area contributed by atoms with Crippen LogP contribution >= 0.6 is 23.5 Å². The maximum absolute atomic E-state index is 9.92. The molecule has 3 heterocycles. The van der Waals surface area contributed by atoms with Crippen molar-refractivity contribution in [3.63, 3.8) is 0 Å². The molecule has 1 aromatic rings. The summed E-state index contributed by atoms with van der Waals surface area (Å²) >= 11 is 3.80. The van der Waals surface area contributed by atoms with E-state index in [1.54, 1.807) is 0 Å². The quantitative estimate of drug-likeness (QED) is 0.883. The molecule has 7 heteroatoms. The van der Waals surface area contributed by atoms with Crippen molar-refractivity contribution in [2.75, 3.05) is 30.5 Å². The molecule has 0 saturated carbocycles. The number of hydrogen-bond donors (Lipinski definition) is 1. The summed E-state index contributed by atoms with van der Waals surface area (Å²) in [6, 6.07) is 0. The first-order valence-electron chi connectivity index (χ1n) is 6.13. The Labute approximate surface area is 114 Å². The standard InChI is InChI=1S/C11H16N2O3S2/c14-8-1-2-15-5-7(8)11-12-10(13-16-11)9-6-17-3-4-18-9/h7-9,14H,1-6H2. The van der Waals surface area contributed by atoms with Crippen LogP contribution in [0.25, 0.3) is 0 Å². The van der Waals surface area contributed by atoms with E-state index in [-0.39, 0.29) is 5.92 Å². The van der Waals surface area contributed by atoms with Crippen LogP contribution in [-0.4, -0.2) is 51.8 Å². The maximum Gasteiger partial charge on any atom is 0.234 e. The van der Waals surface area contributed by atoms with Crippen LogP contribution in [-0.2, 0) is 4.74 Å². The van der Waals surface area contributed by atoms with Crippen LogP contribution in [0.15, 0.2) is 4.52 Å². The van der Waals surface area contributed by atoms with Crippen molar-refractivity contribution >= 4 is 23.5 Å². The lowest BCUT2D eigenvalue weighted by molar-refractivity contribution is -0.0149. The van der Waals surface area contributed by atoms with Gasteiger partial charge in [-0.3, -0.25) is 0 Å². The summed E-state index contributed by atoms with van der Waals surface area (Å²) < 4.78 is 10.7. The van der Waals surface area contributed by atoms with Crippen LogP contribution in [0.3, 0.4) is 0 Å². The zero-order valence-electron chi connectivity index (χ0n) is 9.95. The number of nitrogens with zero attached hydrogens (tertiary/aromatic N) is 2. The number of hydrogen-bond acceptors (Lipinski definition) is 7. The zero-order valence-corrected chi connectivity index (χ0v) is 11.6. The highest BCUT2D eigenvalue weighted by atomic mass is 32.2. The number of aliphatic hydroxyl groups is 1. The van der Waals surface area contributed by atoms with Gasteiger partial charge in [0.05, 0.1) is 23.9 Å². The second-order valence-corrected chi connectivity index (χ2v) is 6.92. The predicted molar refractivity (Wildman–Crippen MR) is 71.0 cm³/mol. The van der Waals surface area contributed by atoms with Crippen molar-refractivity contribution in [1.82, 2.24) is 10.1 Å². The largest absolute Gasteiger partial charge is 0.392 e. The van der Waals surface area contributed by atoms with E-state index >= 15 is 0 Å². The van der Waals surface area contributed by atoms with E-state index in [1.807, 2.05) is 23.5 Å². The van der Waals surface area contributed by atoms with Crippen molar-refractivity contribution in [3.05, 3.63) is 11.7 Å². The van der Waals surface area contributed by atoms with Gasteiger partial charge in [0.25, 0.3) is 0 Å². The van der Waals surface area contributed by atoms with E-state index in [0.717, 1.165) is 17.3 Å². The predicted octanol–water partition coefficient (Wildman–Crippen LogP) is 1.46. The minimum absolute atomic E-state index is 0.166. The molecule has 2 fully saturated rings. The smallest absolute Gasteiger partial charge is 0.234 e. The lowest BCUT2D eigenvalue weighted by Gasteiger charge is -2.24. The zero-order chi connectivity index (χ0) is 12.4. The molecule has 1 aromatic heterocycles. The van der Waals surface area contributed by atoms with E-state index in [0.29, 0.717) is 30.8 Å². The van der Waals surface area contributed by atoms with Crippen molar-refractivity contribution < 1.29 is 14.4 Å². The number of aromatic nitrogens is 2.